The molecule has 9 heteroatoms. The Labute approximate surface area is 299 Å². The summed E-state index contributed by atoms with van der Waals surface area (Å²) in [5.41, 5.74) is 9.85. The maximum Gasteiger partial charge on any atom is 0.346 e. The monoisotopic (exact) mass is 776 g/mol. The Morgan fingerprint density at radius 3 is 1.51 bits per heavy atom. The topological polar surface area (TPSA) is 107 Å². The fourth-order valence-electron chi connectivity index (χ4n) is 5.92. The highest BCUT2D eigenvalue weighted by atomic mass is 79.9. The number of halogens is 2. The van der Waals surface area contributed by atoms with Gasteiger partial charge in [-0.15, -0.1) is 0 Å². The van der Waals surface area contributed by atoms with Gasteiger partial charge in [0, 0.05) is 37.4 Å². The highest BCUT2D eigenvalue weighted by molar-refractivity contribution is 9.11. The highest BCUT2D eigenvalue weighted by Crippen LogP contribution is 2.35. The zero-order valence-corrected chi connectivity index (χ0v) is 29.4. The van der Waals surface area contributed by atoms with Crippen molar-refractivity contribution < 1.29 is 23.9 Å². The van der Waals surface area contributed by atoms with Crippen LogP contribution in [0, 0.1) is 0 Å². The number of nitrogens with zero attached hydrogens (tertiary/aromatic N) is 1. The maximum absolute atomic E-state index is 12.8. The Kier molecular flexibility index (Phi) is 10.4. The number of hydrogen-bond donors (Lipinski definition) is 1. The van der Waals surface area contributed by atoms with Gasteiger partial charge in [-0.05, 0) is 77.7 Å². The summed E-state index contributed by atoms with van der Waals surface area (Å²) in [4.78, 5) is 50.1. The number of cyclic esters (lactones) is 2. The van der Waals surface area contributed by atoms with E-state index in [-0.39, 0.29) is 11.8 Å². The van der Waals surface area contributed by atoms with Crippen LogP contribution in [0.3, 0.4) is 0 Å². The molecule has 2 amide bonds. The van der Waals surface area contributed by atoms with E-state index >= 15 is 0 Å². The minimum absolute atomic E-state index is 0.216. The lowest BCUT2D eigenvalue weighted by molar-refractivity contribution is 0.0390. The molecule has 244 valence electrons. The quantitative estimate of drug-likeness (QED) is 0.107. The number of ether oxygens (including phenoxy) is 1. The number of hydrogen-bond acceptors (Lipinski definition) is 6. The van der Waals surface area contributed by atoms with Crippen molar-refractivity contribution in [3.63, 3.8) is 0 Å². The Morgan fingerprint density at radius 2 is 0.959 bits per heavy atom. The molecule has 0 atom stereocenters. The van der Waals surface area contributed by atoms with Gasteiger partial charge < -0.3 is 10.5 Å². The van der Waals surface area contributed by atoms with E-state index in [2.05, 4.69) is 48.7 Å². The highest BCUT2D eigenvalue weighted by Gasteiger charge is 2.33. The van der Waals surface area contributed by atoms with Crippen LogP contribution in [-0.2, 0) is 17.6 Å². The summed E-state index contributed by atoms with van der Waals surface area (Å²) in [6.07, 6.45) is 1.64. The van der Waals surface area contributed by atoms with Gasteiger partial charge in [-0.2, -0.15) is 0 Å². The maximum atomic E-state index is 12.8. The number of amides is 2. The summed E-state index contributed by atoms with van der Waals surface area (Å²) in [5.74, 6) is -1.60. The van der Waals surface area contributed by atoms with Crippen molar-refractivity contribution in [1.82, 2.24) is 4.90 Å². The van der Waals surface area contributed by atoms with Gasteiger partial charge in [-0.3, -0.25) is 14.5 Å². The van der Waals surface area contributed by atoms with E-state index in [1.54, 1.807) is 36.4 Å². The smallest absolute Gasteiger partial charge is 0.346 e. The summed E-state index contributed by atoms with van der Waals surface area (Å²) in [6, 6.07) is 38.1. The minimum Gasteiger partial charge on any atom is -0.386 e. The molecule has 6 aromatic carbocycles. The van der Waals surface area contributed by atoms with E-state index in [1.807, 2.05) is 72.8 Å². The third-order valence-corrected chi connectivity index (χ3v) is 9.68. The van der Waals surface area contributed by atoms with Crippen LogP contribution in [0.4, 0.5) is 0 Å². The lowest BCUT2D eigenvalue weighted by Gasteiger charge is -2.27. The second kappa shape index (κ2) is 15.1. The molecule has 2 N–H and O–H groups in total. The summed E-state index contributed by atoms with van der Waals surface area (Å²) < 4.78 is 6.40. The predicted molar refractivity (Wildman–Crippen MR) is 198 cm³/mol. The van der Waals surface area contributed by atoms with E-state index in [4.69, 9.17) is 5.73 Å². The number of esters is 2. The molecule has 0 fully saturated rings. The van der Waals surface area contributed by atoms with E-state index in [0.29, 0.717) is 40.6 Å². The van der Waals surface area contributed by atoms with Crippen molar-refractivity contribution in [2.45, 2.75) is 12.8 Å². The first-order valence-corrected chi connectivity index (χ1v) is 17.2. The number of benzene rings is 6. The van der Waals surface area contributed by atoms with Crippen molar-refractivity contribution in [1.29, 1.82) is 0 Å². The molecule has 0 radical (unpaired) electrons. The summed E-state index contributed by atoms with van der Waals surface area (Å²) in [7, 11) is 0. The van der Waals surface area contributed by atoms with Crippen LogP contribution in [0.1, 0.15) is 52.6 Å². The Bertz CT molecular complexity index is 2180. The molecule has 0 bridgehead atoms. The number of nitrogens with two attached hydrogens (primary N) is 1. The zero-order chi connectivity index (χ0) is 34.5. The van der Waals surface area contributed by atoms with Crippen LogP contribution in [0.2, 0.25) is 0 Å². The van der Waals surface area contributed by atoms with Gasteiger partial charge >= 0.3 is 11.9 Å². The van der Waals surface area contributed by atoms with Crippen molar-refractivity contribution >= 4 is 77.2 Å². The van der Waals surface area contributed by atoms with Crippen molar-refractivity contribution in [3.05, 3.63) is 164 Å². The fourth-order valence-corrected chi connectivity index (χ4v) is 6.84. The van der Waals surface area contributed by atoms with Gasteiger partial charge in [0.1, 0.15) is 0 Å². The van der Waals surface area contributed by atoms with Gasteiger partial charge in [0.25, 0.3) is 11.8 Å². The van der Waals surface area contributed by atoms with E-state index < -0.39 is 11.9 Å². The first-order chi connectivity index (χ1) is 23.8. The van der Waals surface area contributed by atoms with Crippen LogP contribution in [0.5, 0.6) is 0 Å². The minimum atomic E-state index is -0.582. The number of carbonyl (C=O) groups is 4. The average Bonchev–Trinajstić information content (AvgIpc) is 3.12. The van der Waals surface area contributed by atoms with Crippen molar-refractivity contribution in [2.24, 2.45) is 5.73 Å². The molecule has 2 aliphatic rings. The van der Waals surface area contributed by atoms with E-state index in [0.717, 1.165) is 43.6 Å². The molecule has 0 unspecified atom stereocenters. The summed E-state index contributed by atoms with van der Waals surface area (Å²) in [6.45, 7) is 1.12. The molecule has 0 saturated heterocycles. The molecule has 0 aromatic heterocycles. The second-order valence-electron chi connectivity index (χ2n) is 11.3. The third-order valence-electron chi connectivity index (χ3n) is 8.29. The fraction of sp³-hybridized carbons (Fsp3) is 0.100. The largest absolute Gasteiger partial charge is 0.386 e. The van der Waals surface area contributed by atoms with Crippen LogP contribution in [0.15, 0.2) is 130 Å². The van der Waals surface area contributed by atoms with Gasteiger partial charge in [0.2, 0.25) is 0 Å². The van der Waals surface area contributed by atoms with Gasteiger partial charge in [-0.1, -0.05) is 117 Å². The number of imide groups is 1. The van der Waals surface area contributed by atoms with Crippen LogP contribution < -0.4 is 5.73 Å². The standard InChI is InChI=1S/C20H14BrNO2.C12H5BrO3.C8H11N/c21-17-10-9-16-18-14(17)7-4-8-15(18)19(23)22(20(16)24)12-11-13-5-2-1-3-6-13;13-9-5-4-8-10-6(9)2-1-3-7(10)11(14)16-12(8)15;9-7-6-8-4-2-1-3-5-8/h1-10H,11-12H2;1-5H;1-5H,6-7,9H2. The molecular formula is C40H30Br2N2O5. The SMILES string of the molecule is NCCc1ccccc1.O=C1OC(=O)c2ccc(Br)c3cccc1c23.O=C1c2cccc3c(Br)ccc(c23)C(=O)N1CCc1ccccc1. The molecule has 6 aromatic rings. The summed E-state index contributed by atoms with van der Waals surface area (Å²) >= 11 is 6.89. The van der Waals surface area contributed by atoms with E-state index in [9.17, 15) is 19.2 Å². The molecular weight excluding hydrogens is 748 g/mol. The Balaban J connectivity index is 0.000000143. The average molecular weight is 778 g/mol. The first-order valence-electron chi connectivity index (χ1n) is 15.6. The molecule has 49 heavy (non-hydrogen) atoms. The lowest BCUT2D eigenvalue weighted by Crippen LogP contribution is -2.41. The Hall–Kier alpha value is -4.96. The molecule has 7 nitrogen and oxygen atoms in total. The van der Waals surface area contributed by atoms with E-state index in [1.165, 1.54) is 10.5 Å². The molecule has 0 aliphatic carbocycles. The molecule has 8 rings (SSSR count). The van der Waals surface area contributed by atoms with Crippen molar-refractivity contribution in [2.75, 3.05) is 13.1 Å². The third kappa shape index (κ3) is 7.10. The predicted octanol–water partition coefficient (Wildman–Crippen LogP) is 8.54. The zero-order valence-electron chi connectivity index (χ0n) is 26.2. The first kappa shape index (κ1) is 33.9. The molecule has 2 aliphatic heterocycles. The summed E-state index contributed by atoms with van der Waals surface area (Å²) in [5, 5.41) is 3.16. The van der Waals surface area contributed by atoms with Crippen LogP contribution in [-0.4, -0.2) is 41.7 Å². The molecule has 2 heterocycles. The van der Waals surface area contributed by atoms with Gasteiger partial charge in [-0.25, -0.2) is 9.59 Å². The van der Waals surface area contributed by atoms with Crippen molar-refractivity contribution in [3.8, 4) is 0 Å². The van der Waals surface area contributed by atoms with Gasteiger partial charge in [0.15, 0.2) is 0 Å². The molecule has 0 saturated carbocycles. The van der Waals surface area contributed by atoms with Crippen LogP contribution >= 0.6 is 31.9 Å². The van der Waals surface area contributed by atoms with Crippen LogP contribution in [0.25, 0.3) is 21.5 Å². The normalized spacial score (nSPS) is 13.0. The number of carbonyl (C=O) groups excluding carboxylic acids is 4. The van der Waals surface area contributed by atoms with Gasteiger partial charge in [0.05, 0.1) is 11.1 Å². The Morgan fingerprint density at radius 1 is 0.510 bits per heavy atom. The second-order valence-corrected chi connectivity index (χ2v) is 13.1. The lowest BCUT2D eigenvalue weighted by atomic mass is 9.94. The molecule has 0 spiro atoms. The number of rotatable bonds is 5.